The van der Waals surface area contributed by atoms with Crippen molar-refractivity contribution in [3.63, 3.8) is 0 Å². The Hall–Kier alpha value is -2.18. The third kappa shape index (κ3) is 4.57. The summed E-state index contributed by atoms with van der Waals surface area (Å²) in [5, 5.41) is 8.09. The van der Waals surface area contributed by atoms with Crippen molar-refractivity contribution in [2.45, 2.75) is 31.7 Å². The van der Waals surface area contributed by atoms with Gasteiger partial charge in [0.1, 0.15) is 0 Å². The molecule has 2 N–H and O–H groups in total. The summed E-state index contributed by atoms with van der Waals surface area (Å²) in [5.41, 5.74) is 1.27. The predicted octanol–water partition coefficient (Wildman–Crippen LogP) is 3.66. The zero-order chi connectivity index (χ0) is 18.6. The number of carbonyl (C=O) groups is 2. The number of benzene rings is 1. The van der Waals surface area contributed by atoms with E-state index in [2.05, 4.69) is 33.0 Å². The van der Waals surface area contributed by atoms with E-state index < -0.39 is 0 Å². The molecule has 1 atom stereocenters. The Morgan fingerprint density at radius 1 is 1.15 bits per heavy atom. The molecule has 1 aliphatic carbocycles. The first kappa shape index (κ1) is 18.2. The number of nitrogens with one attached hydrogen (secondary N) is 2. The van der Waals surface area contributed by atoms with Crippen molar-refractivity contribution in [1.29, 1.82) is 0 Å². The maximum atomic E-state index is 12.7. The normalized spacial score (nSPS) is 18.2. The molecule has 1 aliphatic heterocycles. The number of anilines is 1. The summed E-state index contributed by atoms with van der Waals surface area (Å²) in [4.78, 5) is 28.4. The van der Waals surface area contributed by atoms with Crippen LogP contribution in [0.3, 0.4) is 0 Å². The minimum Gasteiger partial charge on any atom is -0.350 e. The van der Waals surface area contributed by atoms with Gasteiger partial charge in [0.2, 0.25) is 5.91 Å². The molecule has 5 nitrogen and oxygen atoms in total. The Morgan fingerprint density at radius 2 is 1.96 bits per heavy atom. The third-order valence-electron chi connectivity index (χ3n) is 5.25. The molecular weight excluding hydrogens is 358 g/mol. The molecule has 2 aromatic rings. The molecule has 142 valence electrons. The molecule has 1 aromatic heterocycles. The number of amides is 2. The number of thiophene rings is 1. The second kappa shape index (κ2) is 8.23. The van der Waals surface area contributed by atoms with E-state index in [-0.39, 0.29) is 23.8 Å². The molecule has 0 bridgehead atoms. The summed E-state index contributed by atoms with van der Waals surface area (Å²) in [6, 6.07) is 11.6. The van der Waals surface area contributed by atoms with Crippen LogP contribution in [0.1, 0.15) is 47.0 Å². The highest BCUT2D eigenvalue weighted by Gasteiger charge is 2.29. The van der Waals surface area contributed by atoms with Crippen molar-refractivity contribution in [1.82, 2.24) is 10.2 Å². The first-order chi connectivity index (χ1) is 13.2. The number of carbonyl (C=O) groups excluding carboxylic acids is 2. The lowest BCUT2D eigenvalue weighted by molar-refractivity contribution is -0.117. The number of likely N-dealkylation sites (tertiary alicyclic amines) is 1. The Kier molecular flexibility index (Phi) is 5.55. The van der Waals surface area contributed by atoms with Gasteiger partial charge in [-0.1, -0.05) is 12.1 Å². The molecule has 2 amide bonds. The average molecular weight is 384 g/mol. The van der Waals surface area contributed by atoms with Gasteiger partial charge in [0.25, 0.3) is 5.91 Å². The van der Waals surface area contributed by atoms with E-state index in [1.54, 1.807) is 23.5 Å². The van der Waals surface area contributed by atoms with Gasteiger partial charge in [-0.25, -0.2) is 0 Å². The molecule has 6 heteroatoms. The first-order valence-corrected chi connectivity index (χ1v) is 10.6. The molecule has 1 unspecified atom stereocenters. The lowest BCUT2D eigenvalue weighted by Crippen LogP contribution is -2.36. The molecular formula is C21H25N3O2S. The van der Waals surface area contributed by atoms with Gasteiger partial charge in [-0.3, -0.25) is 14.5 Å². The summed E-state index contributed by atoms with van der Waals surface area (Å²) < 4.78 is 0. The molecule has 2 heterocycles. The fourth-order valence-electron chi connectivity index (χ4n) is 3.56. The second-order valence-electron chi connectivity index (χ2n) is 7.33. The van der Waals surface area contributed by atoms with Gasteiger partial charge in [-0.05, 0) is 68.4 Å². The summed E-state index contributed by atoms with van der Waals surface area (Å²) in [6.07, 6.45) is 4.37. The monoisotopic (exact) mass is 383 g/mol. The lowest BCUT2D eigenvalue weighted by Gasteiger charge is -2.27. The maximum absolute atomic E-state index is 12.7. The summed E-state index contributed by atoms with van der Waals surface area (Å²) in [7, 11) is 0. The highest BCUT2D eigenvalue weighted by atomic mass is 32.1. The van der Waals surface area contributed by atoms with Crippen LogP contribution in [-0.4, -0.2) is 36.3 Å². The molecule has 0 spiro atoms. The summed E-state index contributed by atoms with van der Waals surface area (Å²) >= 11 is 1.74. The predicted molar refractivity (Wildman–Crippen MR) is 108 cm³/mol. The van der Waals surface area contributed by atoms with Gasteiger partial charge in [0.05, 0.1) is 6.04 Å². The molecule has 27 heavy (non-hydrogen) atoms. The van der Waals surface area contributed by atoms with Crippen LogP contribution in [0.2, 0.25) is 0 Å². The standard InChI is InChI=1S/C21H25N3O2S/c25-20(16-5-3-6-17(13-16)23-21(26)15-8-9-15)22-14-18(19-7-4-12-27-19)24-10-1-2-11-24/h3-7,12-13,15,18H,1-2,8-11,14H2,(H,22,25)(H,23,26). The van der Waals surface area contributed by atoms with Gasteiger partial charge in [0, 0.05) is 28.6 Å². The Bertz CT molecular complexity index is 796. The quantitative estimate of drug-likeness (QED) is 0.767. The molecule has 4 rings (SSSR count). The molecule has 2 fully saturated rings. The van der Waals surface area contributed by atoms with E-state index in [4.69, 9.17) is 0 Å². The highest BCUT2D eigenvalue weighted by Crippen LogP contribution is 2.30. The average Bonchev–Trinajstić information content (AvgIpc) is 3.15. The van der Waals surface area contributed by atoms with Crippen LogP contribution in [0, 0.1) is 5.92 Å². The highest BCUT2D eigenvalue weighted by molar-refractivity contribution is 7.10. The van der Waals surface area contributed by atoms with E-state index in [1.807, 2.05) is 12.1 Å². The van der Waals surface area contributed by atoms with Crippen molar-refractivity contribution >= 4 is 28.8 Å². The van der Waals surface area contributed by atoms with E-state index in [0.29, 0.717) is 17.8 Å². The van der Waals surface area contributed by atoms with Gasteiger partial charge in [-0.2, -0.15) is 0 Å². The Balaban J connectivity index is 1.39. The van der Waals surface area contributed by atoms with Crippen molar-refractivity contribution < 1.29 is 9.59 Å². The number of hydrogen-bond acceptors (Lipinski definition) is 4. The van der Waals surface area contributed by atoms with Crippen LogP contribution in [0.4, 0.5) is 5.69 Å². The lowest BCUT2D eigenvalue weighted by atomic mass is 10.1. The van der Waals surface area contributed by atoms with Crippen LogP contribution >= 0.6 is 11.3 Å². The molecule has 2 aliphatic rings. The van der Waals surface area contributed by atoms with E-state index in [0.717, 1.165) is 25.9 Å². The minimum absolute atomic E-state index is 0.0550. The number of hydrogen-bond donors (Lipinski definition) is 2. The van der Waals surface area contributed by atoms with Crippen LogP contribution in [0.15, 0.2) is 41.8 Å². The molecule has 1 saturated carbocycles. The number of rotatable bonds is 7. The van der Waals surface area contributed by atoms with E-state index in [1.165, 1.54) is 17.7 Å². The van der Waals surface area contributed by atoms with E-state index in [9.17, 15) is 9.59 Å². The van der Waals surface area contributed by atoms with Crippen LogP contribution in [-0.2, 0) is 4.79 Å². The fraction of sp³-hybridized carbons (Fsp3) is 0.429. The summed E-state index contributed by atoms with van der Waals surface area (Å²) in [5.74, 6) is 0.104. The van der Waals surface area contributed by atoms with Crippen LogP contribution < -0.4 is 10.6 Å². The van der Waals surface area contributed by atoms with Gasteiger partial charge >= 0.3 is 0 Å². The van der Waals surface area contributed by atoms with Crippen molar-refractivity contribution in [2.75, 3.05) is 25.0 Å². The smallest absolute Gasteiger partial charge is 0.251 e. The van der Waals surface area contributed by atoms with Crippen molar-refractivity contribution in [2.24, 2.45) is 5.92 Å². The molecule has 0 radical (unpaired) electrons. The molecule has 1 saturated heterocycles. The van der Waals surface area contributed by atoms with Crippen LogP contribution in [0.5, 0.6) is 0 Å². The Labute approximate surface area is 163 Å². The van der Waals surface area contributed by atoms with Crippen LogP contribution in [0.25, 0.3) is 0 Å². The first-order valence-electron chi connectivity index (χ1n) is 9.67. The van der Waals surface area contributed by atoms with Crippen molar-refractivity contribution in [3.8, 4) is 0 Å². The van der Waals surface area contributed by atoms with Gasteiger partial charge in [-0.15, -0.1) is 11.3 Å². The topological polar surface area (TPSA) is 61.4 Å². The number of nitrogens with zero attached hydrogens (tertiary/aromatic N) is 1. The van der Waals surface area contributed by atoms with Gasteiger partial charge < -0.3 is 10.6 Å². The van der Waals surface area contributed by atoms with E-state index >= 15 is 0 Å². The molecule has 1 aromatic carbocycles. The largest absolute Gasteiger partial charge is 0.350 e. The SMILES string of the molecule is O=C(NCC(c1cccs1)N1CCCC1)c1cccc(NC(=O)C2CC2)c1. The Morgan fingerprint density at radius 3 is 2.67 bits per heavy atom. The minimum atomic E-state index is -0.0988. The van der Waals surface area contributed by atoms with Gasteiger partial charge in [0.15, 0.2) is 0 Å². The maximum Gasteiger partial charge on any atom is 0.251 e. The second-order valence-corrected chi connectivity index (χ2v) is 8.31. The zero-order valence-electron chi connectivity index (χ0n) is 15.3. The zero-order valence-corrected chi connectivity index (χ0v) is 16.1. The fourth-order valence-corrected chi connectivity index (χ4v) is 4.42. The summed E-state index contributed by atoms with van der Waals surface area (Å²) in [6.45, 7) is 2.76. The third-order valence-corrected chi connectivity index (χ3v) is 6.22. The van der Waals surface area contributed by atoms with Crippen molar-refractivity contribution in [3.05, 3.63) is 52.2 Å².